The number of aliphatic hydroxyl groups is 1. The van der Waals surface area contributed by atoms with Gasteiger partial charge in [-0.1, -0.05) is 104 Å². The van der Waals surface area contributed by atoms with Crippen molar-refractivity contribution in [1.82, 2.24) is 15.0 Å². The molecule has 1 atom stereocenters. The van der Waals surface area contributed by atoms with Crippen molar-refractivity contribution in [1.29, 1.82) is 0 Å². The largest absolute Gasteiger partial charge is 0.439 e. The van der Waals surface area contributed by atoms with Crippen molar-refractivity contribution in [2.75, 3.05) is 0 Å². The maximum absolute atomic E-state index is 11.7. The van der Waals surface area contributed by atoms with Gasteiger partial charge in [0.1, 0.15) is 5.84 Å². The highest BCUT2D eigenvalue weighted by molar-refractivity contribution is 5.83. The molecule has 40 heavy (non-hydrogen) atoms. The Morgan fingerprint density at radius 3 is 2.48 bits per heavy atom. The second kappa shape index (κ2) is 12.1. The third kappa shape index (κ3) is 5.75. The topological polar surface area (TPSA) is 94.7 Å². The van der Waals surface area contributed by atoms with Gasteiger partial charge in [0.05, 0.1) is 0 Å². The molecule has 7 heteroatoms. The lowest BCUT2D eigenvalue weighted by Gasteiger charge is -2.36. The Kier molecular flexibility index (Phi) is 8.22. The van der Waals surface area contributed by atoms with E-state index < -0.39 is 12.0 Å². The first-order valence-corrected chi connectivity index (χ1v) is 13.7. The molecule has 0 saturated carbocycles. The zero-order valence-electron chi connectivity index (χ0n) is 22.9. The minimum absolute atomic E-state index is 0.395. The Labute approximate surface area is 234 Å². The smallest absolute Gasteiger partial charge is 0.369 e. The van der Waals surface area contributed by atoms with Gasteiger partial charge in [0.2, 0.25) is 0 Å². The first kappa shape index (κ1) is 27.1. The Hall–Kier alpha value is -4.49. The SMILES string of the molecule is C=Cc1ccccc1CN1C(C)=NC(CCCC)=C(Cc2ccc(-c3ccccc3-c3noc(=O)[nH]3)cc2)C1O. The monoisotopic (exact) mass is 534 g/mol. The molecule has 0 bridgehead atoms. The van der Waals surface area contributed by atoms with E-state index in [9.17, 15) is 9.90 Å². The second-order valence-electron chi connectivity index (χ2n) is 10.0. The predicted molar refractivity (Wildman–Crippen MR) is 159 cm³/mol. The molecule has 0 spiro atoms. The first-order valence-electron chi connectivity index (χ1n) is 13.7. The Balaban J connectivity index is 1.43. The van der Waals surface area contributed by atoms with Crippen molar-refractivity contribution in [2.45, 2.75) is 52.3 Å². The molecular formula is C33H34N4O3. The van der Waals surface area contributed by atoms with E-state index >= 15 is 0 Å². The lowest BCUT2D eigenvalue weighted by Crippen LogP contribution is -2.43. The summed E-state index contributed by atoms with van der Waals surface area (Å²) in [5, 5.41) is 15.5. The molecule has 7 nitrogen and oxygen atoms in total. The van der Waals surface area contributed by atoms with Gasteiger partial charge in [-0.25, -0.2) is 9.79 Å². The summed E-state index contributed by atoms with van der Waals surface area (Å²) in [6, 6.07) is 24.1. The Morgan fingerprint density at radius 2 is 1.77 bits per heavy atom. The van der Waals surface area contributed by atoms with Crippen molar-refractivity contribution in [2.24, 2.45) is 4.99 Å². The molecule has 204 valence electrons. The van der Waals surface area contributed by atoms with Crippen LogP contribution in [0.3, 0.4) is 0 Å². The number of amidine groups is 1. The number of unbranched alkanes of at least 4 members (excludes halogenated alkanes) is 1. The van der Waals surface area contributed by atoms with Crippen LogP contribution < -0.4 is 5.76 Å². The number of allylic oxidation sites excluding steroid dienone is 1. The molecule has 2 N–H and O–H groups in total. The van der Waals surface area contributed by atoms with Crippen molar-refractivity contribution < 1.29 is 9.63 Å². The third-order valence-electron chi connectivity index (χ3n) is 7.35. The summed E-state index contributed by atoms with van der Waals surface area (Å²) in [7, 11) is 0. The number of aliphatic hydroxyl groups excluding tert-OH is 1. The zero-order valence-corrected chi connectivity index (χ0v) is 22.9. The van der Waals surface area contributed by atoms with E-state index in [1.165, 1.54) is 0 Å². The summed E-state index contributed by atoms with van der Waals surface area (Å²) in [4.78, 5) is 21.1. The molecule has 1 aliphatic rings. The van der Waals surface area contributed by atoms with Gasteiger partial charge in [0.15, 0.2) is 12.1 Å². The minimum atomic E-state index is -0.772. The molecule has 0 fully saturated rings. The number of nitrogens with zero attached hydrogens (tertiary/aromatic N) is 3. The van der Waals surface area contributed by atoms with E-state index in [-0.39, 0.29) is 0 Å². The van der Waals surface area contributed by atoms with Gasteiger partial charge in [-0.2, -0.15) is 0 Å². The molecular weight excluding hydrogens is 500 g/mol. The van der Waals surface area contributed by atoms with Crippen LogP contribution in [0.2, 0.25) is 0 Å². The molecule has 1 unspecified atom stereocenters. The number of hydrogen-bond donors (Lipinski definition) is 2. The predicted octanol–water partition coefficient (Wildman–Crippen LogP) is 6.58. The lowest BCUT2D eigenvalue weighted by atomic mass is 9.94. The number of aliphatic imine (C=N–C) groups is 1. The van der Waals surface area contributed by atoms with Crippen LogP contribution in [0.4, 0.5) is 0 Å². The highest BCUT2D eigenvalue weighted by Crippen LogP contribution is 2.32. The fraction of sp³-hybridized carbons (Fsp3) is 0.242. The third-order valence-corrected chi connectivity index (χ3v) is 7.35. The number of benzene rings is 3. The number of nitrogens with one attached hydrogen (secondary N) is 1. The van der Waals surface area contributed by atoms with Gasteiger partial charge in [0, 0.05) is 23.4 Å². The number of aromatic amines is 1. The van der Waals surface area contributed by atoms with E-state index in [1.807, 2.05) is 60.4 Å². The number of rotatable bonds is 10. The summed E-state index contributed by atoms with van der Waals surface area (Å²) in [5.74, 6) is 0.629. The summed E-state index contributed by atoms with van der Waals surface area (Å²) < 4.78 is 4.72. The molecule has 5 rings (SSSR count). The molecule has 3 aromatic carbocycles. The normalized spacial score (nSPS) is 15.3. The maximum atomic E-state index is 11.7. The van der Waals surface area contributed by atoms with Gasteiger partial charge in [-0.3, -0.25) is 9.51 Å². The van der Waals surface area contributed by atoms with Crippen molar-refractivity contribution in [3.8, 4) is 22.5 Å². The average molecular weight is 535 g/mol. The molecule has 1 aliphatic heterocycles. The van der Waals surface area contributed by atoms with Crippen LogP contribution in [-0.2, 0) is 13.0 Å². The minimum Gasteiger partial charge on any atom is -0.369 e. The van der Waals surface area contributed by atoms with E-state index in [0.29, 0.717) is 18.8 Å². The number of hydrogen-bond acceptors (Lipinski definition) is 6. The van der Waals surface area contributed by atoms with Gasteiger partial charge in [-0.05, 0) is 54.0 Å². The Morgan fingerprint density at radius 1 is 1.05 bits per heavy atom. The number of H-pyrrole nitrogens is 1. The van der Waals surface area contributed by atoms with Crippen molar-refractivity contribution in [3.05, 3.63) is 118 Å². The van der Waals surface area contributed by atoms with Crippen LogP contribution in [0.15, 0.2) is 105 Å². The highest BCUT2D eigenvalue weighted by Gasteiger charge is 2.29. The van der Waals surface area contributed by atoms with Gasteiger partial charge < -0.3 is 10.0 Å². The van der Waals surface area contributed by atoms with Crippen LogP contribution in [0.5, 0.6) is 0 Å². The molecule has 0 amide bonds. The quantitative estimate of drug-likeness (QED) is 0.240. The fourth-order valence-corrected chi connectivity index (χ4v) is 5.17. The lowest BCUT2D eigenvalue weighted by molar-refractivity contribution is 0.0736. The van der Waals surface area contributed by atoms with Gasteiger partial charge in [-0.15, -0.1) is 0 Å². The van der Waals surface area contributed by atoms with Crippen LogP contribution in [0.1, 0.15) is 49.8 Å². The van der Waals surface area contributed by atoms with Crippen LogP contribution in [0, 0.1) is 0 Å². The van der Waals surface area contributed by atoms with Gasteiger partial charge in [0.25, 0.3) is 0 Å². The van der Waals surface area contributed by atoms with Crippen molar-refractivity contribution >= 4 is 11.9 Å². The summed E-state index contributed by atoms with van der Waals surface area (Å²) >= 11 is 0. The fourth-order valence-electron chi connectivity index (χ4n) is 5.17. The summed E-state index contributed by atoms with van der Waals surface area (Å²) in [5.41, 5.74) is 7.85. The van der Waals surface area contributed by atoms with E-state index in [1.54, 1.807) is 0 Å². The zero-order chi connectivity index (χ0) is 28.1. The standard InChI is InChI=1S/C33H34N4O3/c1-4-6-15-30-29(32(38)37(22(3)34-30)21-26-12-8-7-11-24(26)5-2)20-23-16-18-25(19-17-23)27-13-9-10-14-28(27)31-35-33(39)40-36-31/h5,7-14,16-19,32,38H,2,4,6,15,20-21H2,1,3H3,(H,35,36,39). The highest BCUT2D eigenvalue weighted by atomic mass is 16.5. The van der Waals surface area contributed by atoms with E-state index in [4.69, 9.17) is 9.52 Å². The summed E-state index contributed by atoms with van der Waals surface area (Å²) in [6.45, 7) is 8.63. The van der Waals surface area contributed by atoms with Crippen molar-refractivity contribution in [3.63, 3.8) is 0 Å². The number of aromatic nitrogens is 2. The molecule has 0 radical (unpaired) electrons. The molecule has 0 aliphatic carbocycles. The van der Waals surface area contributed by atoms with Crippen LogP contribution >= 0.6 is 0 Å². The second-order valence-corrected chi connectivity index (χ2v) is 10.0. The average Bonchev–Trinajstić information content (AvgIpc) is 3.42. The Bertz CT molecular complexity index is 1610. The summed E-state index contributed by atoms with van der Waals surface area (Å²) in [6.07, 6.45) is 4.58. The van der Waals surface area contributed by atoms with E-state index in [0.717, 1.165) is 69.7 Å². The van der Waals surface area contributed by atoms with E-state index in [2.05, 4.69) is 54.0 Å². The molecule has 4 aromatic rings. The molecule has 0 saturated heterocycles. The maximum Gasteiger partial charge on any atom is 0.439 e. The molecule has 2 heterocycles. The molecule has 1 aromatic heterocycles. The van der Waals surface area contributed by atoms with Crippen LogP contribution in [-0.4, -0.2) is 32.2 Å². The van der Waals surface area contributed by atoms with Crippen LogP contribution in [0.25, 0.3) is 28.6 Å². The first-order chi connectivity index (χ1) is 19.5. The van der Waals surface area contributed by atoms with Gasteiger partial charge >= 0.3 is 5.76 Å².